The molecule has 7 heteroatoms. The van der Waals surface area contributed by atoms with Crippen LogP contribution in [0.4, 0.5) is 14.6 Å². The normalized spacial score (nSPS) is 12.9. The predicted octanol–water partition coefficient (Wildman–Crippen LogP) is 4.15. The summed E-state index contributed by atoms with van der Waals surface area (Å²) >= 11 is 1.71. The first-order valence-electron chi connectivity index (χ1n) is 7.63. The van der Waals surface area contributed by atoms with E-state index >= 15 is 0 Å². The van der Waals surface area contributed by atoms with E-state index in [0.717, 1.165) is 22.8 Å². The third-order valence-corrected chi connectivity index (χ3v) is 4.91. The highest BCUT2D eigenvalue weighted by Crippen LogP contribution is 2.36. The van der Waals surface area contributed by atoms with Gasteiger partial charge in [0, 0.05) is 22.6 Å². The highest BCUT2D eigenvalue weighted by Gasteiger charge is 2.25. The SMILES string of the molecule is O=C(Nc1c2c(nn1-c1ccc(F)cc1)CSC2)c1cccc(F)c1. The summed E-state index contributed by atoms with van der Waals surface area (Å²) in [6, 6.07) is 11.4. The van der Waals surface area contributed by atoms with E-state index in [1.807, 2.05) is 0 Å². The van der Waals surface area contributed by atoms with Gasteiger partial charge in [0.25, 0.3) is 5.91 Å². The largest absolute Gasteiger partial charge is 0.306 e. The fourth-order valence-corrected chi connectivity index (χ4v) is 3.75. The van der Waals surface area contributed by atoms with Crippen molar-refractivity contribution in [2.75, 3.05) is 5.32 Å². The van der Waals surface area contributed by atoms with E-state index in [2.05, 4.69) is 10.4 Å². The minimum absolute atomic E-state index is 0.228. The van der Waals surface area contributed by atoms with Crippen molar-refractivity contribution in [3.05, 3.63) is 77.0 Å². The quantitative estimate of drug-likeness (QED) is 0.766. The van der Waals surface area contributed by atoms with E-state index in [4.69, 9.17) is 0 Å². The summed E-state index contributed by atoms with van der Waals surface area (Å²) < 4.78 is 28.2. The number of thioether (sulfide) groups is 1. The molecule has 2 aromatic carbocycles. The van der Waals surface area contributed by atoms with Crippen LogP contribution in [-0.2, 0) is 11.5 Å². The van der Waals surface area contributed by atoms with Crippen molar-refractivity contribution in [1.82, 2.24) is 9.78 Å². The molecule has 0 saturated carbocycles. The lowest BCUT2D eigenvalue weighted by atomic mass is 10.2. The third-order valence-electron chi connectivity index (χ3n) is 3.94. The summed E-state index contributed by atoms with van der Waals surface area (Å²) in [4.78, 5) is 12.5. The molecular formula is C18H13F2N3OS. The molecule has 0 bridgehead atoms. The zero-order chi connectivity index (χ0) is 17.4. The van der Waals surface area contributed by atoms with Crippen LogP contribution in [0, 0.1) is 11.6 Å². The van der Waals surface area contributed by atoms with Crippen LogP contribution < -0.4 is 5.32 Å². The summed E-state index contributed by atoms with van der Waals surface area (Å²) in [6.45, 7) is 0. The summed E-state index contributed by atoms with van der Waals surface area (Å²) in [5.74, 6) is 0.801. The van der Waals surface area contributed by atoms with Crippen molar-refractivity contribution >= 4 is 23.5 Å². The van der Waals surface area contributed by atoms with Gasteiger partial charge in [-0.15, -0.1) is 0 Å². The maximum absolute atomic E-state index is 13.4. The van der Waals surface area contributed by atoms with Crippen LogP contribution >= 0.6 is 11.8 Å². The number of carbonyl (C=O) groups is 1. The molecule has 0 radical (unpaired) electrons. The number of fused-ring (bicyclic) bond motifs is 1. The Labute approximate surface area is 146 Å². The van der Waals surface area contributed by atoms with Crippen LogP contribution in [0.5, 0.6) is 0 Å². The molecule has 1 N–H and O–H groups in total. The minimum Gasteiger partial charge on any atom is -0.306 e. The molecular weight excluding hydrogens is 344 g/mol. The standard InChI is InChI=1S/C18H13F2N3OS/c19-12-4-6-14(7-5-12)23-17(15-9-25-10-16(15)22-23)21-18(24)11-2-1-3-13(20)8-11/h1-8H,9-10H2,(H,21,24). The van der Waals surface area contributed by atoms with E-state index < -0.39 is 11.7 Å². The molecule has 0 unspecified atom stereocenters. The molecule has 0 saturated heterocycles. The van der Waals surface area contributed by atoms with Crippen LogP contribution in [0.3, 0.4) is 0 Å². The molecule has 2 heterocycles. The number of halogens is 2. The van der Waals surface area contributed by atoms with Gasteiger partial charge >= 0.3 is 0 Å². The first-order valence-corrected chi connectivity index (χ1v) is 8.78. The number of nitrogens with zero attached hydrogens (tertiary/aromatic N) is 2. The van der Waals surface area contributed by atoms with Crippen LogP contribution in [-0.4, -0.2) is 15.7 Å². The lowest BCUT2D eigenvalue weighted by molar-refractivity contribution is 0.102. The average Bonchev–Trinajstić information content (AvgIpc) is 3.18. The van der Waals surface area contributed by atoms with Crippen molar-refractivity contribution in [2.24, 2.45) is 0 Å². The molecule has 25 heavy (non-hydrogen) atoms. The number of hydrogen-bond donors (Lipinski definition) is 1. The Morgan fingerprint density at radius 3 is 2.64 bits per heavy atom. The van der Waals surface area contributed by atoms with Gasteiger partial charge in [0.2, 0.25) is 0 Å². The fraction of sp³-hybridized carbons (Fsp3) is 0.111. The number of hydrogen-bond acceptors (Lipinski definition) is 3. The molecule has 1 aromatic heterocycles. The lowest BCUT2D eigenvalue weighted by Gasteiger charge is -2.11. The summed E-state index contributed by atoms with van der Waals surface area (Å²) in [5.41, 5.74) is 2.71. The zero-order valence-corrected chi connectivity index (χ0v) is 13.8. The van der Waals surface area contributed by atoms with E-state index in [-0.39, 0.29) is 11.4 Å². The average molecular weight is 357 g/mol. The smallest absolute Gasteiger partial charge is 0.256 e. The van der Waals surface area contributed by atoms with Gasteiger partial charge in [0.15, 0.2) is 0 Å². The molecule has 0 aliphatic carbocycles. The van der Waals surface area contributed by atoms with Gasteiger partial charge in [0.1, 0.15) is 17.5 Å². The topological polar surface area (TPSA) is 46.9 Å². The Morgan fingerprint density at radius 1 is 1.08 bits per heavy atom. The number of nitrogens with one attached hydrogen (secondary N) is 1. The van der Waals surface area contributed by atoms with Crippen molar-refractivity contribution in [1.29, 1.82) is 0 Å². The predicted molar refractivity (Wildman–Crippen MR) is 92.9 cm³/mol. The molecule has 0 atom stereocenters. The second-order valence-corrected chi connectivity index (χ2v) is 6.60. The summed E-state index contributed by atoms with van der Waals surface area (Å²) in [6.07, 6.45) is 0. The van der Waals surface area contributed by atoms with Crippen LogP contribution in [0.2, 0.25) is 0 Å². The number of benzene rings is 2. The monoisotopic (exact) mass is 357 g/mol. The molecule has 0 fully saturated rings. The van der Waals surface area contributed by atoms with Gasteiger partial charge in [0.05, 0.1) is 11.4 Å². The maximum atomic E-state index is 13.4. The Balaban J connectivity index is 1.73. The summed E-state index contributed by atoms with van der Waals surface area (Å²) in [7, 11) is 0. The van der Waals surface area contributed by atoms with Crippen molar-refractivity contribution in [3.8, 4) is 5.69 Å². The number of amides is 1. The second-order valence-electron chi connectivity index (χ2n) is 5.62. The number of rotatable bonds is 3. The van der Waals surface area contributed by atoms with E-state index in [0.29, 0.717) is 11.5 Å². The molecule has 0 spiro atoms. The first-order chi connectivity index (χ1) is 12.1. The van der Waals surface area contributed by atoms with Gasteiger partial charge in [-0.1, -0.05) is 6.07 Å². The molecule has 126 valence electrons. The zero-order valence-electron chi connectivity index (χ0n) is 13.0. The van der Waals surface area contributed by atoms with Crippen LogP contribution in [0.1, 0.15) is 21.6 Å². The number of anilines is 1. The molecule has 1 amide bonds. The van der Waals surface area contributed by atoms with E-state index in [1.165, 1.54) is 30.3 Å². The Hall–Kier alpha value is -2.67. The first kappa shape index (κ1) is 15.8. The summed E-state index contributed by atoms with van der Waals surface area (Å²) in [5, 5.41) is 7.37. The highest BCUT2D eigenvalue weighted by molar-refractivity contribution is 7.98. The minimum atomic E-state index is -0.472. The number of carbonyl (C=O) groups excluding carboxylic acids is 1. The van der Waals surface area contributed by atoms with Crippen molar-refractivity contribution < 1.29 is 13.6 Å². The van der Waals surface area contributed by atoms with E-state index in [1.54, 1.807) is 34.6 Å². The van der Waals surface area contributed by atoms with E-state index in [9.17, 15) is 13.6 Å². The van der Waals surface area contributed by atoms with Gasteiger partial charge < -0.3 is 5.32 Å². The van der Waals surface area contributed by atoms with Crippen LogP contribution in [0.15, 0.2) is 48.5 Å². The van der Waals surface area contributed by atoms with Gasteiger partial charge in [-0.05, 0) is 42.5 Å². The maximum Gasteiger partial charge on any atom is 0.256 e. The Bertz CT molecular complexity index is 953. The molecule has 4 nitrogen and oxygen atoms in total. The number of aromatic nitrogens is 2. The lowest BCUT2D eigenvalue weighted by Crippen LogP contribution is -2.16. The van der Waals surface area contributed by atoms with Crippen LogP contribution in [0.25, 0.3) is 5.69 Å². The Morgan fingerprint density at radius 2 is 1.88 bits per heavy atom. The second kappa shape index (κ2) is 6.33. The molecule has 1 aliphatic rings. The molecule has 3 aromatic rings. The molecule has 1 aliphatic heterocycles. The molecule has 4 rings (SSSR count). The third kappa shape index (κ3) is 3.02. The van der Waals surface area contributed by atoms with Gasteiger partial charge in [-0.2, -0.15) is 16.9 Å². The fourth-order valence-electron chi connectivity index (χ4n) is 2.72. The van der Waals surface area contributed by atoms with Gasteiger partial charge in [-0.3, -0.25) is 4.79 Å². The van der Waals surface area contributed by atoms with Gasteiger partial charge in [-0.25, -0.2) is 13.5 Å². The van der Waals surface area contributed by atoms with Crippen molar-refractivity contribution in [2.45, 2.75) is 11.5 Å². The highest BCUT2D eigenvalue weighted by atomic mass is 32.2. The van der Waals surface area contributed by atoms with Crippen molar-refractivity contribution in [3.63, 3.8) is 0 Å². The Kier molecular flexibility index (Phi) is 4.01.